The maximum Gasteiger partial charge on any atom is 0.229 e. The molecule has 0 aliphatic carbocycles. The summed E-state index contributed by atoms with van der Waals surface area (Å²) in [5.41, 5.74) is 1.60. The molecule has 0 bridgehead atoms. The van der Waals surface area contributed by atoms with Gasteiger partial charge in [0.2, 0.25) is 11.8 Å². The third kappa shape index (κ3) is 2.94. The molecule has 6 nitrogen and oxygen atoms in total. The van der Waals surface area contributed by atoms with Crippen LogP contribution < -0.4 is 10.6 Å². The van der Waals surface area contributed by atoms with Crippen molar-refractivity contribution >= 4 is 17.5 Å². The number of hydrogen-bond donors (Lipinski definition) is 2. The fourth-order valence-electron chi connectivity index (χ4n) is 2.40. The van der Waals surface area contributed by atoms with Gasteiger partial charge < -0.3 is 15.2 Å². The van der Waals surface area contributed by atoms with E-state index in [2.05, 4.69) is 15.6 Å². The number of amides is 2. The van der Waals surface area contributed by atoms with Crippen LogP contribution in [-0.2, 0) is 9.59 Å². The summed E-state index contributed by atoms with van der Waals surface area (Å²) in [6, 6.07) is 7.55. The summed E-state index contributed by atoms with van der Waals surface area (Å²) in [5, 5.41) is 5.67. The van der Waals surface area contributed by atoms with Gasteiger partial charge in [0.05, 0.1) is 23.6 Å². The normalized spacial score (nSPS) is 18.1. The zero-order valence-corrected chi connectivity index (χ0v) is 11.5. The Balaban J connectivity index is 1.76. The first-order valence-electron chi connectivity index (χ1n) is 6.89. The Hall–Kier alpha value is -2.63. The number of carbonyl (C=O) groups is 2. The van der Waals surface area contributed by atoms with Crippen molar-refractivity contribution in [2.45, 2.75) is 12.8 Å². The third-order valence-corrected chi connectivity index (χ3v) is 3.58. The monoisotopic (exact) mass is 284 g/mol. The summed E-state index contributed by atoms with van der Waals surface area (Å²) < 4.78 is 1.85. The van der Waals surface area contributed by atoms with Gasteiger partial charge in [-0.3, -0.25) is 9.59 Å². The molecular weight excluding hydrogens is 268 g/mol. The first-order chi connectivity index (χ1) is 10.2. The van der Waals surface area contributed by atoms with Crippen molar-refractivity contribution in [3.63, 3.8) is 0 Å². The summed E-state index contributed by atoms with van der Waals surface area (Å²) in [6.07, 6.45) is 6.19. The lowest BCUT2D eigenvalue weighted by Crippen LogP contribution is -2.40. The number of nitrogens with one attached hydrogen (secondary N) is 2. The van der Waals surface area contributed by atoms with Crippen molar-refractivity contribution in [3.05, 3.63) is 43.0 Å². The molecule has 2 N–H and O–H groups in total. The molecule has 1 unspecified atom stereocenters. The van der Waals surface area contributed by atoms with Crippen molar-refractivity contribution in [3.8, 4) is 5.69 Å². The second-order valence-corrected chi connectivity index (χ2v) is 5.02. The molecule has 2 amide bonds. The highest BCUT2D eigenvalue weighted by Gasteiger charge is 2.24. The van der Waals surface area contributed by atoms with Crippen LogP contribution in [0, 0.1) is 5.92 Å². The molecule has 0 spiro atoms. The first-order valence-corrected chi connectivity index (χ1v) is 6.89. The molecular formula is C15H16N4O2. The molecule has 3 rings (SSSR count). The standard InChI is InChI=1S/C15H16N4O2/c20-14-6-5-11(9-17-14)15(21)18-12-3-1-2-4-13(12)19-8-7-16-10-19/h1-4,7-8,10-11H,5-6,9H2,(H,17,20)(H,18,21). The van der Waals surface area contributed by atoms with E-state index < -0.39 is 0 Å². The number of piperidine rings is 1. The quantitative estimate of drug-likeness (QED) is 0.893. The number of aromatic nitrogens is 2. The predicted octanol–water partition coefficient (Wildman–Crippen LogP) is 1.34. The Kier molecular flexibility index (Phi) is 3.68. The lowest BCUT2D eigenvalue weighted by Gasteiger charge is -2.22. The molecule has 2 aromatic rings. The van der Waals surface area contributed by atoms with Crippen molar-refractivity contribution in [1.82, 2.24) is 14.9 Å². The van der Waals surface area contributed by atoms with Crippen LogP contribution in [0.2, 0.25) is 0 Å². The van der Waals surface area contributed by atoms with Crippen LogP contribution in [0.3, 0.4) is 0 Å². The van der Waals surface area contributed by atoms with Crippen LogP contribution in [0.1, 0.15) is 12.8 Å². The van der Waals surface area contributed by atoms with Crippen LogP contribution in [-0.4, -0.2) is 27.9 Å². The molecule has 1 aliphatic rings. The molecule has 0 saturated carbocycles. The minimum atomic E-state index is -0.182. The van der Waals surface area contributed by atoms with E-state index in [0.29, 0.717) is 19.4 Å². The zero-order valence-electron chi connectivity index (χ0n) is 11.5. The van der Waals surface area contributed by atoms with Gasteiger partial charge in [0.1, 0.15) is 0 Å². The van der Waals surface area contributed by atoms with Crippen LogP contribution in [0.15, 0.2) is 43.0 Å². The van der Waals surface area contributed by atoms with Gasteiger partial charge >= 0.3 is 0 Å². The Morgan fingerprint density at radius 1 is 1.38 bits per heavy atom. The minimum Gasteiger partial charge on any atom is -0.355 e. The number of nitrogens with zero attached hydrogens (tertiary/aromatic N) is 2. The summed E-state index contributed by atoms with van der Waals surface area (Å²) in [7, 11) is 0. The predicted molar refractivity (Wildman–Crippen MR) is 77.9 cm³/mol. The van der Waals surface area contributed by atoms with Gasteiger partial charge in [0, 0.05) is 25.4 Å². The average Bonchev–Trinajstić information content (AvgIpc) is 3.02. The minimum absolute atomic E-state index is 0.0119. The zero-order chi connectivity index (χ0) is 14.7. The van der Waals surface area contributed by atoms with Gasteiger partial charge in [-0.25, -0.2) is 4.98 Å². The van der Waals surface area contributed by atoms with Gasteiger partial charge in [-0.1, -0.05) is 12.1 Å². The maximum atomic E-state index is 12.3. The number of benzene rings is 1. The molecule has 1 fully saturated rings. The first kappa shape index (κ1) is 13.4. The van der Waals surface area contributed by atoms with E-state index >= 15 is 0 Å². The smallest absolute Gasteiger partial charge is 0.229 e. The molecule has 1 aliphatic heterocycles. The van der Waals surface area contributed by atoms with E-state index in [4.69, 9.17) is 0 Å². The van der Waals surface area contributed by atoms with Gasteiger partial charge in [0.15, 0.2) is 0 Å². The second-order valence-electron chi connectivity index (χ2n) is 5.02. The number of hydrogen-bond acceptors (Lipinski definition) is 3. The molecule has 6 heteroatoms. The molecule has 21 heavy (non-hydrogen) atoms. The van der Waals surface area contributed by atoms with E-state index in [0.717, 1.165) is 11.4 Å². The van der Waals surface area contributed by atoms with E-state index in [1.165, 1.54) is 0 Å². The van der Waals surface area contributed by atoms with Crippen molar-refractivity contribution in [1.29, 1.82) is 0 Å². The highest BCUT2D eigenvalue weighted by Crippen LogP contribution is 2.21. The maximum absolute atomic E-state index is 12.3. The van der Waals surface area contributed by atoms with Gasteiger partial charge in [-0.2, -0.15) is 0 Å². The summed E-state index contributed by atoms with van der Waals surface area (Å²) >= 11 is 0. The van der Waals surface area contributed by atoms with E-state index in [9.17, 15) is 9.59 Å². The van der Waals surface area contributed by atoms with Gasteiger partial charge in [0.25, 0.3) is 0 Å². The van der Waals surface area contributed by atoms with E-state index in [-0.39, 0.29) is 17.7 Å². The number of carbonyl (C=O) groups excluding carboxylic acids is 2. The molecule has 1 aromatic carbocycles. The largest absolute Gasteiger partial charge is 0.355 e. The Labute approximate surface area is 122 Å². The molecule has 1 atom stereocenters. The number of para-hydroxylation sites is 2. The highest BCUT2D eigenvalue weighted by molar-refractivity contribution is 5.95. The fourth-order valence-corrected chi connectivity index (χ4v) is 2.40. The molecule has 0 radical (unpaired) electrons. The molecule has 2 heterocycles. The van der Waals surface area contributed by atoms with Crippen LogP contribution in [0.5, 0.6) is 0 Å². The SMILES string of the molecule is O=C1CCC(C(=O)Nc2ccccc2-n2ccnc2)CN1. The fraction of sp³-hybridized carbons (Fsp3) is 0.267. The number of imidazole rings is 1. The van der Waals surface area contributed by atoms with Crippen molar-refractivity contribution in [2.24, 2.45) is 5.92 Å². The number of rotatable bonds is 3. The van der Waals surface area contributed by atoms with Crippen LogP contribution in [0.25, 0.3) is 5.69 Å². The van der Waals surface area contributed by atoms with E-state index in [1.807, 2.05) is 35.0 Å². The Morgan fingerprint density at radius 2 is 2.24 bits per heavy atom. The molecule has 108 valence electrons. The second kappa shape index (κ2) is 5.78. The number of anilines is 1. The van der Waals surface area contributed by atoms with Crippen LogP contribution in [0.4, 0.5) is 5.69 Å². The third-order valence-electron chi connectivity index (χ3n) is 3.58. The van der Waals surface area contributed by atoms with Gasteiger partial charge in [-0.05, 0) is 18.6 Å². The lowest BCUT2D eigenvalue weighted by molar-refractivity contribution is -0.126. The van der Waals surface area contributed by atoms with E-state index in [1.54, 1.807) is 12.5 Å². The Bertz CT molecular complexity index is 641. The molecule has 1 aromatic heterocycles. The van der Waals surface area contributed by atoms with Crippen LogP contribution >= 0.6 is 0 Å². The van der Waals surface area contributed by atoms with Crippen molar-refractivity contribution < 1.29 is 9.59 Å². The summed E-state index contributed by atoms with van der Waals surface area (Å²) in [4.78, 5) is 27.5. The lowest BCUT2D eigenvalue weighted by atomic mass is 9.98. The Morgan fingerprint density at radius 3 is 2.95 bits per heavy atom. The topological polar surface area (TPSA) is 76.0 Å². The summed E-state index contributed by atoms with van der Waals surface area (Å²) in [6.45, 7) is 0.401. The average molecular weight is 284 g/mol. The van der Waals surface area contributed by atoms with Gasteiger partial charge in [-0.15, -0.1) is 0 Å². The van der Waals surface area contributed by atoms with Crippen molar-refractivity contribution in [2.75, 3.05) is 11.9 Å². The highest BCUT2D eigenvalue weighted by atomic mass is 16.2. The summed E-state index contributed by atoms with van der Waals surface area (Å²) in [5.74, 6) is -0.237. The molecule has 1 saturated heterocycles.